The molecule has 0 aromatic carbocycles. The van der Waals surface area contributed by atoms with E-state index in [1.165, 1.54) is 0 Å². The molecule has 0 saturated heterocycles. The van der Waals surface area contributed by atoms with Gasteiger partial charge in [-0.3, -0.25) is 0 Å². The van der Waals surface area contributed by atoms with Gasteiger partial charge >= 0.3 is 6.01 Å². The highest BCUT2D eigenvalue weighted by molar-refractivity contribution is 9.10. The van der Waals surface area contributed by atoms with Gasteiger partial charge in [0.05, 0.1) is 12.2 Å². The number of nitrogens with two attached hydrogens (primary N) is 1. The molecule has 0 atom stereocenters. The summed E-state index contributed by atoms with van der Waals surface area (Å²) in [6.07, 6.45) is 0. The van der Waals surface area contributed by atoms with Gasteiger partial charge in [-0.15, -0.1) is 0 Å². The molecule has 0 aliphatic carbocycles. The van der Waals surface area contributed by atoms with E-state index in [4.69, 9.17) is 15.2 Å². The lowest BCUT2D eigenvalue weighted by molar-refractivity contribution is -0.0173. The van der Waals surface area contributed by atoms with Crippen LogP contribution in [0.25, 0.3) is 0 Å². The first kappa shape index (κ1) is 13.2. The molecule has 6 heteroatoms. The fraction of sp³-hybridized carbons (Fsp3) is 0.600. The van der Waals surface area contributed by atoms with E-state index in [1.807, 2.05) is 20.8 Å². The van der Waals surface area contributed by atoms with Crippen LogP contribution in [0.4, 0.5) is 5.82 Å². The van der Waals surface area contributed by atoms with E-state index in [0.717, 1.165) is 0 Å². The zero-order chi connectivity index (χ0) is 12.2. The first-order chi connectivity index (χ1) is 7.37. The third-order valence-electron chi connectivity index (χ3n) is 1.54. The van der Waals surface area contributed by atoms with Crippen molar-refractivity contribution in [1.82, 2.24) is 9.97 Å². The van der Waals surface area contributed by atoms with E-state index in [-0.39, 0.29) is 11.6 Å². The summed E-state index contributed by atoms with van der Waals surface area (Å²) in [5.41, 5.74) is 5.37. The van der Waals surface area contributed by atoms with Crippen molar-refractivity contribution in [1.29, 1.82) is 0 Å². The summed E-state index contributed by atoms with van der Waals surface area (Å²) in [4.78, 5) is 7.94. The van der Waals surface area contributed by atoms with E-state index in [0.29, 0.717) is 23.6 Å². The third-order valence-corrected chi connectivity index (χ3v) is 1.95. The normalized spacial score (nSPS) is 11.5. The highest BCUT2D eigenvalue weighted by Gasteiger charge is 2.09. The lowest BCUT2D eigenvalue weighted by atomic mass is 10.2. The number of nitrogens with zero attached hydrogens (tertiary/aromatic N) is 2. The van der Waals surface area contributed by atoms with Gasteiger partial charge in [0.2, 0.25) is 0 Å². The maximum absolute atomic E-state index is 5.54. The summed E-state index contributed by atoms with van der Waals surface area (Å²) >= 11 is 3.21. The Hall–Kier alpha value is -0.880. The second-order valence-electron chi connectivity index (χ2n) is 4.21. The number of anilines is 1. The molecule has 0 amide bonds. The minimum atomic E-state index is -0.166. The number of hydrogen-bond donors (Lipinski definition) is 1. The van der Waals surface area contributed by atoms with Crippen LogP contribution < -0.4 is 10.5 Å². The number of rotatable bonds is 4. The maximum Gasteiger partial charge on any atom is 0.319 e. The summed E-state index contributed by atoms with van der Waals surface area (Å²) in [6, 6.07) is 1.86. The van der Waals surface area contributed by atoms with Gasteiger partial charge in [0, 0.05) is 6.07 Å². The molecule has 0 bridgehead atoms. The second-order valence-corrected chi connectivity index (χ2v) is 5.02. The molecule has 0 radical (unpaired) electrons. The molecule has 0 fully saturated rings. The van der Waals surface area contributed by atoms with E-state index in [9.17, 15) is 0 Å². The largest absolute Gasteiger partial charge is 0.461 e. The average Bonchev–Trinajstić information content (AvgIpc) is 2.09. The Bertz CT molecular complexity index is 332. The lowest BCUT2D eigenvalue weighted by Gasteiger charge is -2.19. The number of aromatic nitrogens is 2. The molecule has 2 N–H and O–H groups in total. The van der Waals surface area contributed by atoms with Gasteiger partial charge < -0.3 is 15.2 Å². The lowest BCUT2D eigenvalue weighted by Crippen LogP contribution is -2.22. The smallest absolute Gasteiger partial charge is 0.319 e. The molecular formula is C10H16BrN3O2. The Balaban J connectivity index is 2.37. The Kier molecular flexibility index (Phi) is 4.49. The molecule has 90 valence electrons. The first-order valence-electron chi connectivity index (χ1n) is 4.94. The number of nitrogen functional groups attached to an aromatic ring is 1. The maximum atomic E-state index is 5.54. The number of hydrogen-bond acceptors (Lipinski definition) is 5. The average molecular weight is 290 g/mol. The van der Waals surface area contributed by atoms with Crippen LogP contribution in [0.5, 0.6) is 6.01 Å². The molecule has 0 saturated carbocycles. The van der Waals surface area contributed by atoms with Crippen LogP contribution in [-0.2, 0) is 4.74 Å². The van der Waals surface area contributed by atoms with Crippen molar-refractivity contribution >= 4 is 21.7 Å². The summed E-state index contributed by atoms with van der Waals surface area (Å²) in [5.74, 6) is 0.369. The standard InChI is InChI=1S/C10H16BrN3O2/c1-10(2,3)16-5-4-15-9-13-7(11)6-8(12)14-9/h6H,4-5H2,1-3H3,(H2,12,13,14). The molecule has 0 aliphatic heterocycles. The topological polar surface area (TPSA) is 70.3 Å². The molecule has 1 rings (SSSR count). The van der Waals surface area contributed by atoms with Crippen LogP contribution >= 0.6 is 15.9 Å². The van der Waals surface area contributed by atoms with Gasteiger partial charge in [-0.05, 0) is 36.7 Å². The summed E-state index contributed by atoms with van der Waals surface area (Å²) in [5, 5.41) is 0. The van der Waals surface area contributed by atoms with Crippen molar-refractivity contribution < 1.29 is 9.47 Å². The molecule has 1 aromatic rings. The van der Waals surface area contributed by atoms with Crippen LogP contribution in [0.2, 0.25) is 0 Å². The summed E-state index contributed by atoms with van der Waals surface area (Å²) < 4.78 is 11.4. The van der Waals surface area contributed by atoms with Gasteiger partial charge in [0.1, 0.15) is 17.0 Å². The van der Waals surface area contributed by atoms with Crippen LogP contribution in [0.15, 0.2) is 10.7 Å². The quantitative estimate of drug-likeness (QED) is 0.678. The number of halogens is 1. The predicted molar refractivity (Wildman–Crippen MR) is 65.3 cm³/mol. The van der Waals surface area contributed by atoms with Gasteiger partial charge in [-0.25, -0.2) is 0 Å². The molecule has 16 heavy (non-hydrogen) atoms. The Morgan fingerprint density at radius 2 is 2.00 bits per heavy atom. The van der Waals surface area contributed by atoms with Gasteiger partial charge in [0.15, 0.2) is 0 Å². The minimum absolute atomic E-state index is 0.166. The predicted octanol–water partition coefficient (Wildman–Crippen LogP) is 2.02. The summed E-state index contributed by atoms with van der Waals surface area (Å²) in [7, 11) is 0. The SMILES string of the molecule is CC(C)(C)OCCOc1nc(N)cc(Br)n1. The minimum Gasteiger partial charge on any atom is -0.461 e. The molecule has 0 spiro atoms. The van der Waals surface area contributed by atoms with Crippen LogP contribution in [0.3, 0.4) is 0 Å². The van der Waals surface area contributed by atoms with Crippen LogP contribution in [0.1, 0.15) is 20.8 Å². The molecule has 5 nitrogen and oxygen atoms in total. The van der Waals surface area contributed by atoms with Crippen molar-refractivity contribution in [2.75, 3.05) is 18.9 Å². The number of ether oxygens (including phenoxy) is 2. The fourth-order valence-corrected chi connectivity index (χ4v) is 1.34. The van der Waals surface area contributed by atoms with Crippen molar-refractivity contribution in [2.24, 2.45) is 0 Å². The highest BCUT2D eigenvalue weighted by atomic mass is 79.9. The Labute approximate surface area is 103 Å². The van der Waals surface area contributed by atoms with E-state index < -0.39 is 0 Å². The van der Waals surface area contributed by atoms with Crippen LogP contribution in [0, 0.1) is 0 Å². The molecule has 1 heterocycles. The molecular weight excluding hydrogens is 274 g/mol. The molecule has 0 unspecified atom stereocenters. The van der Waals surface area contributed by atoms with Gasteiger partial charge in [0.25, 0.3) is 0 Å². The zero-order valence-corrected chi connectivity index (χ0v) is 11.2. The molecule has 0 aliphatic rings. The van der Waals surface area contributed by atoms with Crippen molar-refractivity contribution in [3.8, 4) is 6.01 Å². The zero-order valence-electron chi connectivity index (χ0n) is 9.66. The van der Waals surface area contributed by atoms with E-state index >= 15 is 0 Å². The fourth-order valence-electron chi connectivity index (χ4n) is 0.959. The van der Waals surface area contributed by atoms with Crippen molar-refractivity contribution in [3.05, 3.63) is 10.7 Å². The van der Waals surface area contributed by atoms with Crippen molar-refractivity contribution in [2.45, 2.75) is 26.4 Å². The van der Waals surface area contributed by atoms with Crippen LogP contribution in [-0.4, -0.2) is 28.8 Å². The van der Waals surface area contributed by atoms with Gasteiger partial charge in [-0.1, -0.05) is 0 Å². The van der Waals surface area contributed by atoms with Gasteiger partial charge in [-0.2, -0.15) is 9.97 Å². The highest BCUT2D eigenvalue weighted by Crippen LogP contribution is 2.14. The van der Waals surface area contributed by atoms with Crippen molar-refractivity contribution in [3.63, 3.8) is 0 Å². The molecule has 1 aromatic heterocycles. The monoisotopic (exact) mass is 289 g/mol. The van der Waals surface area contributed by atoms with E-state index in [2.05, 4.69) is 25.9 Å². The Morgan fingerprint density at radius 1 is 1.31 bits per heavy atom. The first-order valence-corrected chi connectivity index (χ1v) is 5.73. The Morgan fingerprint density at radius 3 is 2.56 bits per heavy atom. The second kappa shape index (κ2) is 5.45. The third kappa shape index (κ3) is 5.27. The van der Waals surface area contributed by atoms with E-state index in [1.54, 1.807) is 6.07 Å². The summed E-state index contributed by atoms with van der Waals surface area (Å²) in [6.45, 7) is 6.84.